The molecule has 1 atom stereocenters. The number of hydrogen-bond acceptors (Lipinski definition) is 0. The van der Waals surface area contributed by atoms with Crippen molar-refractivity contribution in [2.75, 3.05) is 0 Å². The van der Waals surface area contributed by atoms with Crippen LogP contribution < -0.4 is 0 Å². The van der Waals surface area contributed by atoms with Gasteiger partial charge in [0.15, 0.2) is 0 Å². The predicted molar refractivity (Wildman–Crippen MR) is 178 cm³/mol. The summed E-state index contributed by atoms with van der Waals surface area (Å²) in [7, 11) is 0. The Bertz CT molecular complexity index is 1280. The molecule has 3 heteroatoms. The average molecular weight is 659 g/mol. The summed E-state index contributed by atoms with van der Waals surface area (Å²) in [5, 5.41) is 0. The maximum atomic E-state index is 2.70. The molecule has 0 aromatic heterocycles. The first-order valence-electron chi connectivity index (χ1n) is 15.1. The van der Waals surface area contributed by atoms with E-state index >= 15 is 0 Å². The molecule has 0 nitrogen and oxygen atoms in total. The third-order valence-electron chi connectivity index (χ3n) is 9.29. The van der Waals surface area contributed by atoms with Crippen LogP contribution in [0.25, 0.3) is 11.1 Å². The van der Waals surface area contributed by atoms with Crippen molar-refractivity contribution in [1.82, 2.24) is 0 Å². The van der Waals surface area contributed by atoms with Gasteiger partial charge in [-0.15, -0.1) is 24.8 Å². The zero-order chi connectivity index (χ0) is 27.6. The Morgan fingerprint density at radius 2 is 1.12 bits per heavy atom. The van der Waals surface area contributed by atoms with Gasteiger partial charge in [-0.1, -0.05) is 0 Å². The summed E-state index contributed by atoms with van der Waals surface area (Å²) in [5.41, 5.74) is 11.4. The number of rotatable bonds is 2. The smallest absolute Gasteiger partial charge is 0.147 e. The Morgan fingerprint density at radius 3 is 1.52 bits per heavy atom. The molecule has 0 saturated heterocycles. The van der Waals surface area contributed by atoms with Crippen LogP contribution in [0.4, 0.5) is 0 Å². The molecule has 0 heterocycles. The molecule has 0 bridgehead atoms. The molecule has 1 unspecified atom stereocenters. The van der Waals surface area contributed by atoms with E-state index in [4.69, 9.17) is 0 Å². The topological polar surface area (TPSA) is 0 Å². The summed E-state index contributed by atoms with van der Waals surface area (Å²) in [6, 6.07) is 15.2. The Morgan fingerprint density at radius 1 is 0.650 bits per heavy atom. The van der Waals surface area contributed by atoms with E-state index < -0.39 is 21.3 Å². The third-order valence-corrected chi connectivity index (χ3v) is 18.3. The summed E-state index contributed by atoms with van der Waals surface area (Å²) in [4.78, 5) is 0. The van der Waals surface area contributed by atoms with Crippen LogP contribution in [0.1, 0.15) is 127 Å². The Balaban J connectivity index is 0.00000220. The van der Waals surface area contributed by atoms with Crippen molar-refractivity contribution in [3.63, 3.8) is 0 Å². The van der Waals surface area contributed by atoms with Gasteiger partial charge < -0.3 is 0 Å². The van der Waals surface area contributed by atoms with Crippen LogP contribution in [0.15, 0.2) is 57.4 Å². The van der Waals surface area contributed by atoms with E-state index in [1.54, 1.807) is 16.7 Å². The summed E-state index contributed by atoms with van der Waals surface area (Å²) < 4.78 is 4.47. The molecule has 0 radical (unpaired) electrons. The average Bonchev–Trinajstić information content (AvgIpc) is 3.37. The second-order valence-electron chi connectivity index (χ2n) is 15.4. The summed E-state index contributed by atoms with van der Waals surface area (Å²) in [5.74, 6) is 0.586. The van der Waals surface area contributed by atoms with E-state index in [0.29, 0.717) is 9.54 Å². The van der Waals surface area contributed by atoms with Crippen LogP contribution in [-0.2, 0) is 32.1 Å². The van der Waals surface area contributed by atoms with Crippen molar-refractivity contribution in [2.45, 2.75) is 116 Å². The minimum atomic E-state index is -2.26. The fourth-order valence-corrected chi connectivity index (χ4v) is 16.8. The summed E-state index contributed by atoms with van der Waals surface area (Å²) >= 11 is -2.26. The second kappa shape index (κ2) is 12.1. The van der Waals surface area contributed by atoms with Crippen LogP contribution in [-0.4, -0.2) is 3.21 Å². The van der Waals surface area contributed by atoms with E-state index in [1.165, 1.54) is 54.4 Å². The molecule has 0 amide bonds. The standard InChI is InChI=1S/C21H25.C10H15.C6H10.2ClH.Zr/c1-20(2,3)16-9-7-14-11-15-8-10-17(21(4,5)6)13-19(15)18(14)12-16;1-8-5-6-9(7-8)10(2,3)4;1-2-4-6-5-3-1;;;/h7-13H,1-6H3;6-8H,1-4H3;1-5H2;2*1H;. The van der Waals surface area contributed by atoms with Gasteiger partial charge in [-0.05, 0) is 0 Å². The van der Waals surface area contributed by atoms with E-state index in [-0.39, 0.29) is 41.1 Å². The predicted octanol–water partition coefficient (Wildman–Crippen LogP) is 11.5. The van der Waals surface area contributed by atoms with E-state index in [9.17, 15) is 0 Å². The number of halogens is 2. The first kappa shape index (κ1) is 33.8. The molecule has 3 aliphatic carbocycles. The SMILES string of the molecule is CC1C=C(C(C)(C)C)C=[C]1[Zr](=[C]1CCCCC1)[CH]1c2ccc(C(C)(C)C)cc2-c2cc(C(C)(C)C)ccc21.Cl.Cl. The van der Waals surface area contributed by atoms with E-state index in [1.807, 2.05) is 6.49 Å². The van der Waals surface area contributed by atoms with Gasteiger partial charge in [0.1, 0.15) is 0 Å². The van der Waals surface area contributed by atoms with Crippen molar-refractivity contribution in [3.05, 3.63) is 79.7 Å². The van der Waals surface area contributed by atoms with Crippen molar-refractivity contribution < 1.29 is 21.3 Å². The first-order valence-corrected chi connectivity index (χ1v) is 19.0. The van der Waals surface area contributed by atoms with Gasteiger partial charge in [-0.25, -0.2) is 0 Å². The van der Waals surface area contributed by atoms with Crippen LogP contribution in [0.3, 0.4) is 0 Å². The zero-order valence-corrected chi connectivity index (χ0v) is 30.7. The number of hydrogen-bond donors (Lipinski definition) is 0. The molecule has 1 saturated carbocycles. The summed E-state index contributed by atoms with van der Waals surface area (Å²) in [6.45, 7) is 23.8. The van der Waals surface area contributed by atoms with Crippen LogP contribution in [0, 0.1) is 11.3 Å². The molecule has 2 aromatic rings. The van der Waals surface area contributed by atoms with Gasteiger partial charge in [0.2, 0.25) is 0 Å². The Labute approximate surface area is 265 Å². The molecule has 0 aliphatic heterocycles. The maximum Gasteiger partial charge on any atom is -0.147 e. The molecule has 0 N–H and O–H groups in total. The molecule has 0 spiro atoms. The van der Waals surface area contributed by atoms with E-state index in [2.05, 4.69) is 118 Å². The number of fused-ring (bicyclic) bond motifs is 3. The van der Waals surface area contributed by atoms with Crippen molar-refractivity contribution in [2.24, 2.45) is 11.3 Å². The Hall–Kier alpha value is -0.747. The minimum absolute atomic E-state index is 0. The van der Waals surface area contributed by atoms with Gasteiger partial charge in [0, 0.05) is 0 Å². The quantitative estimate of drug-likeness (QED) is 0.301. The second-order valence-corrected chi connectivity index (χ2v) is 22.0. The van der Waals surface area contributed by atoms with Gasteiger partial charge in [-0.2, -0.15) is 0 Å². The molecular formula is C37H52Cl2Zr. The largest absolute Gasteiger partial charge is 0.147 e. The molecule has 3 aliphatic rings. The van der Waals surface area contributed by atoms with Gasteiger partial charge in [-0.3, -0.25) is 0 Å². The molecule has 1 fully saturated rings. The van der Waals surface area contributed by atoms with Crippen LogP contribution >= 0.6 is 24.8 Å². The summed E-state index contributed by atoms with van der Waals surface area (Å²) in [6.07, 6.45) is 12.3. The van der Waals surface area contributed by atoms with E-state index in [0.717, 1.165) is 0 Å². The van der Waals surface area contributed by atoms with Crippen molar-refractivity contribution >= 4 is 28.0 Å². The molecule has 40 heavy (non-hydrogen) atoms. The fraction of sp³-hybridized carbons (Fsp3) is 0.541. The van der Waals surface area contributed by atoms with Crippen molar-refractivity contribution in [1.29, 1.82) is 0 Å². The van der Waals surface area contributed by atoms with Crippen molar-refractivity contribution in [3.8, 4) is 11.1 Å². The molecule has 2 aromatic carbocycles. The fourth-order valence-electron chi connectivity index (χ4n) is 6.81. The Kier molecular flexibility index (Phi) is 10.2. The normalized spacial score (nSPS) is 19.2. The maximum absolute atomic E-state index is 2.70. The molecular weight excluding hydrogens is 607 g/mol. The zero-order valence-electron chi connectivity index (χ0n) is 26.6. The monoisotopic (exact) mass is 656 g/mol. The molecule has 5 rings (SSSR count). The van der Waals surface area contributed by atoms with Crippen LogP contribution in [0.5, 0.6) is 0 Å². The third kappa shape index (κ3) is 6.43. The number of benzene rings is 2. The molecule has 218 valence electrons. The number of allylic oxidation sites excluding steroid dienone is 4. The first-order chi connectivity index (χ1) is 17.7. The van der Waals surface area contributed by atoms with Gasteiger partial charge >= 0.3 is 242 Å². The van der Waals surface area contributed by atoms with Crippen LogP contribution in [0.2, 0.25) is 0 Å². The van der Waals surface area contributed by atoms with Gasteiger partial charge in [0.05, 0.1) is 0 Å². The van der Waals surface area contributed by atoms with Gasteiger partial charge in [0.25, 0.3) is 0 Å². The minimum Gasteiger partial charge on any atom is -0.147 e.